The molecule has 0 spiro atoms. The standard InChI is InChI=1S/C14H8F2I2N2/c15-11-5-1-9(2-6-11)13(17)19-20-14(18)10-3-7-12(16)8-4-10/h1-8H/b19-13-,20-14-. The average Bonchev–Trinajstić information content (AvgIpc) is 2.46. The van der Waals surface area contributed by atoms with E-state index in [1.165, 1.54) is 24.3 Å². The minimum absolute atomic E-state index is 0.289. The molecule has 102 valence electrons. The van der Waals surface area contributed by atoms with Crippen LogP contribution in [0.2, 0.25) is 0 Å². The highest BCUT2D eigenvalue weighted by molar-refractivity contribution is 14.1. The lowest BCUT2D eigenvalue weighted by atomic mass is 10.2. The van der Waals surface area contributed by atoms with Crippen molar-refractivity contribution < 1.29 is 8.78 Å². The minimum atomic E-state index is -0.289. The number of benzene rings is 2. The number of nitrogens with zero attached hydrogens (tertiary/aromatic N) is 2. The first-order chi connectivity index (χ1) is 9.56. The molecular formula is C14H8F2I2N2. The van der Waals surface area contributed by atoms with E-state index in [1.807, 2.05) is 45.2 Å². The fourth-order valence-corrected chi connectivity index (χ4v) is 2.31. The molecular weight excluding hydrogens is 488 g/mol. The van der Waals surface area contributed by atoms with E-state index in [0.29, 0.717) is 7.44 Å². The summed E-state index contributed by atoms with van der Waals surface area (Å²) in [7, 11) is 0. The van der Waals surface area contributed by atoms with Gasteiger partial charge in [0, 0.05) is 11.1 Å². The smallest absolute Gasteiger partial charge is 0.131 e. The molecule has 0 fully saturated rings. The van der Waals surface area contributed by atoms with Crippen LogP contribution in [0.4, 0.5) is 8.78 Å². The van der Waals surface area contributed by atoms with Crippen LogP contribution in [-0.4, -0.2) is 7.44 Å². The van der Waals surface area contributed by atoms with Gasteiger partial charge in [-0.1, -0.05) is 0 Å². The van der Waals surface area contributed by atoms with Gasteiger partial charge in [0.05, 0.1) is 0 Å². The van der Waals surface area contributed by atoms with E-state index in [2.05, 4.69) is 10.2 Å². The highest BCUT2D eigenvalue weighted by Gasteiger charge is 2.01. The molecule has 0 aliphatic carbocycles. The summed E-state index contributed by atoms with van der Waals surface area (Å²) in [6.45, 7) is 0. The van der Waals surface area contributed by atoms with Crippen molar-refractivity contribution in [3.8, 4) is 0 Å². The molecule has 0 saturated carbocycles. The third-order valence-electron chi connectivity index (χ3n) is 2.39. The highest BCUT2D eigenvalue weighted by Crippen LogP contribution is 2.12. The van der Waals surface area contributed by atoms with Crippen molar-refractivity contribution in [2.24, 2.45) is 10.2 Å². The molecule has 0 unspecified atom stereocenters. The number of halogens is 4. The first kappa shape index (κ1) is 15.5. The van der Waals surface area contributed by atoms with Crippen LogP contribution < -0.4 is 0 Å². The zero-order valence-electron chi connectivity index (χ0n) is 10.0. The van der Waals surface area contributed by atoms with Gasteiger partial charge in [-0.2, -0.15) is 0 Å². The van der Waals surface area contributed by atoms with Crippen molar-refractivity contribution in [3.63, 3.8) is 0 Å². The van der Waals surface area contributed by atoms with Gasteiger partial charge in [-0.3, -0.25) is 0 Å². The number of rotatable bonds is 3. The van der Waals surface area contributed by atoms with Crippen LogP contribution >= 0.6 is 45.2 Å². The summed E-state index contributed by atoms with van der Waals surface area (Å²) < 4.78 is 26.9. The number of hydrogen-bond donors (Lipinski definition) is 0. The second-order valence-electron chi connectivity index (χ2n) is 3.80. The Kier molecular flexibility index (Phi) is 5.58. The Balaban J connectivity index is 2.19. The molecule has 2 rings (SSSR count). The van der Waals surface area contributed by atoms with Crippen LogP contribution in [0, 0.1) is 11.6 Å². The maximum absolute atomic E-state index is 12.8. The molecule has 0 atom stereocenters. The van der Waals surface area contributed by atoms with Crippen LogP contribution in [0.5, 0.6) is 0 Å². The first-order valence-electron chi connectivity index (χ1n) is 5.55. The van der Waals surface area contributed by atoms with E-state index in [4.69, 9.17) is 0 Å². The first-order valence-corrected chi connectivity index (χ1v) is 7.70. The summed E-state index contributed by atoms with van der Waals surface area (Å²) in [4.78, 5) is 0. The van der Waals surface area contributed by atoms with Crippen molar-refractivity contribution in [3.05, 3.63) is 71.3 Å². The van der Waals surface area contributed by atoms with Gasteiger partial charge in [0.25, 0.3) is 0 Å². The fourth-order valence-electron chi connectivity index (χ4n) is 1.38. The van der Waals surface area contributed by atoms with E-state index in [-0.39, 0.29) is 11.6 Å². The van der Waals surface area contributed by atoms with E-state index < -0.39 is 0 Å². The quantitative estimate of drug-likeness (QED) is 0.327. The van der Waals surface area contributed by atoms with Gasteiger partial charge >= 0.3 is 0 Å². The van der Waals surface area contributed by atoms with E-state index in [0.717, 1.165) is 11.1 Å². The topological polar surface area (TPSA) is 24.7 Å². The summed E-state index contributed by atoms with van der Waals surface area (Å²) in [5.74, 6) is -0.579. The molecule has 0 bridgehead atoms. The molecule has 0 aliphatic rings. The van der Waals surface area contributed by atoms with Crippen molar-refractivity contribution in [2.45, 2.75) is 0 Å². The molecule has 0 heterocycles. The maximum atomic E-state index is 12.8. The monoisotopic (exact) mass is 496 g/mol. The van der Waals surface area contributed by atoms with Gasteiger partial charge in [0.15, 0.2) is 0 Å². The molecule has 2 aromatic rings. The molecule has 0 saturated heterocycles. The van der Waals surface area contributed by atoms with E-state index in [9.17, 15) is 8.78 Å². The van der Waals surface area contributed by atoms with E-state index >= 15 is 0 Å². The van der Waals surface area contributed by atoms with Crippen molar-refractivity contribution in [2.75, 3.05) is 0 Å². The molecule has 2 aromatic carbocycles. The zero-order chi connectivity index (χ0) is 14.5. The Labute approximate surface area is 142 Å². The summed E-state index contributed by atoms with van der Waals surface area (Å²) in [6, 6.07) is 12.1. The Morgan fingerprint density at radius 1 is 0.650 bits per heavy atom. The molecule has 0 amide bonds. The molecule has 20 heavy (non-hydrogen) atoms. The van der Waals surface area contributed by atoms with Crippen LogP contribution in [0.3, 0.4) is 0 Å². The van der Waals surface area contributed by atoms with Crippen LogP contribution in [0.25, 0.3) is 0 Å². The summed E-state index contributed by atoms with van der Waals surface area (Å²) in [5, 5.41) is 8.18. The number of hydrogen-bond acceptors (Lipinski definition) is 2. The maximum Gasteiger partial charge on any atom is 0.131 e. The molecule has 0 N–H and O–H groups in total. The van der Waals surface area contributed by atoms with Gasteiger partial charge < -0.3 is 0 Å². The van der Waals surface area contributed by atoms with Crippen LogP contribution in [0.15, 0.2) is 58.7 Å². The molecule has 6 heteroatoms. The van der Waals surface area contributed by atoms with Crippen LogP contribution in [0.1, 0.15) is 11.1 Å². The van der Waals surface area contributed by atoms with Crippen molar-refractivity contribution >= 4 is 52.6 Å². The lowest BCUT2D eigenvalue weighted by molar-refractivity contribution is 0.627. The Hall–Kier alpha value is -0.900. The molecule has 0 aromatic heterocycles. The van der Waals surface area contributed by atoms with Gasteiger partial charge in [-0.15, -0.1) is 10.2 Å². The summed E-state index contributed by atoms with van der Waals surface area (Å²) in [5.41, 5.74) is 1.58. The SMILES string of the molecule is Fc1ccc(/C(I)=N/N=C(\I)c2ccc(F)cc2)cc1. The third-order valence-corrected chi connectivity index (χ3v) is 4.07. The lowest BCUT2D eigenvalue weighted by Crippen LogP contribution is -1.92. The largest absolute Gasteiger partial charge is 0.207 e. The van der Waals surface area contributed by atoms with Crippen molar-refractivity contribution in [1.82, 2.24) is 0 Å². The Morgan fingerprint density at radius 3 is 1.25 bits per heavy atom. The molecule has 0 aliphatic heterocycles. The molecule has 0 radical (unpaired) electrons. The Morgan fingerprint density at radius 2 is 0.950 bits per heavy atom. The predicted octanol–water partition coefficient (Wildman–Crippen LogP) is 4.94. The average molecular weight is 496 g/mol. The summed E-state index contributed by atoms with van der Waals surface area (Å²) >= 11 is 4.07. The second-order valence-corrected chi connectivity index (χ2v) is 5.84. The summed E-state index contributed by atoms with van der Waals surface area (Å²) in [6.07, 6.45) is 0. The van der Waals surface area contributed by atoms with Gasteiger partial charge in [0.2, 0.25) is 0 Å². The normalized spacial score (nSPS) is 12.6. The predicted molar refractivity (Wildman–Crippen MR) is 93.9 cm³/mol. The third kappa shape index (κ3) is 4.30. The van der Waals surface area contributed by atoms with E-state index in [1.54, 1.807) is 24.3 Å². The van der Waals surface area contributed by atoms with Gasteiger partial charge in [-0.25, -0.2) is 8.78 Å². The second kappa shape index (κ2) is 7.21. The fraction of sp³-hybridized carbons (Fsp3) is 0. The zero-order valence-corrected chi connectivity index (χ0v) is 14.3. The van der Waals surface area contributed by atoms with Gasteiger partial charge in [-0.05, 0) is 93.7 Å². The Bertz CT molecular complexity index is 590. The lowest BCUT2D eigenvalue weighted by Gasteiger charge is -1.98. The van der Waals surface area contributed by atoms with Crippen LogP contribution in [-0.2, 0) is 0 Å². The van der Waals surface area contributed by atoms with Crippen molar-refractivity contribution in [1.29, 1.82) is 0 Å². The van der Waals surface area contributed by atoms with Gasteiger partial charge in [0.1, 0.15) is 19.1 Å². The highest BCUT2D eigenvalue weighted by atomic mass is 127. The molecule has 2 nitrogen and oxygen atoms in total. The minimum Gasteiger partial charge on any atom is -0.207 e.